The molecule has 4 nitrogen and oxygen atoms in total. The molecule has 0 radical (unpaired) electrons. The number of aryl methyl sites for hydroxylation is 1. The van der Waals surface area contributed by atoms with Crippen LogP contribution < -0.4 is 10.3 Å². The van der Waals surface area contributed by atoms with Gasteiger partial charge < -0.3 is 4.74 Å². The second-order valence-electron chi connectivity index (χ2n) is 7.50. The van der Waals surface area contributed by atoms with E-state index in [9.17, 15) is 4.79 Å². The van der Waals surface area contributed by atoms with Gasteiger partial charge in [0.05, 0.1) is 19.0 Å². The van der Waals surface area contributed by atoms with E-state index in [-0.39, 0.29) is 5.56 Å². The molecule has 5 heteroatoms. The zero-order chi connectivity index (χ0) is 20.5. The highest BCUT2D eigenvalue weighted by atomic mass is 32.1. The fraction of sp³-hybridized carbons (Fsp3) is 0.250. The first-order chi connectivity index (χ1) is 14.0. The fourth-order valence-electron chi connectivity index (χ4n) is 3.49. The molecule has 4 rings (SSSR count). The molecule has 0 unspecified atom stereocenters. The molecule has 2 heterocycles. The molecule has 0 saturated heterocycles. The summed E-state index contributed by atoms with van der Waals surface area (Å²) in [7, 11) is 1.65. The van der Waals surface area contributed by atoms with Gasteiger partial charge in [0, 0.05) is 10.9 Å². The van der Waals surface area contributed by atoms with Crippen LogP contribution in [0.25, 0.3) is 21.3 Å². The highest BCUT2D eigenvalue weighted by molar-refractivity contribution is 7.17. The molecule has 0 aliphatic heterocycles. The molecule has 2 aromatic carbocycles. The predicted octanol–water partition coefficient (Wildman–Crippen LogP) is 5.61. The molecular formula is C24H24N2O2S. The van der Waals surface area contributed by atoms with Gasteiger partial charge in [0.1, 0.15) is 16.4 Å². The van der Waals surface area contributed by atoms with Gasteiger partial charge >= 0.3 is 0 Å². The summed E-state index contributed by atoms with van der Waals surface area (Å²) in [5.41, 5.74) is 4.32. The summed E-state index contributed by atoms with van der Waals surface area (Å²) in [6.07, 6.45) is 0. The minimum absolute atomic E-state index is 0.00695. The Morgan fingerprint density at radius 1 is 1.07 bits per heavy atom. The zero-order valence-corrected chi connectivity index (χ0v) is 17.9. The number of rotatable bonds is 5. The van der Waals surface area contributed by atoms with Gasteiger partial charge in [0.25, 0.3) is 5.56 Å². The monoisotopic (exact) mass is 404 g/mol. The van der Waals surface area contributed by atoms with E-state index in [0.29, 0.717) is 17.8 Å². The lowest BCUT2D eigenvalue weighted by atomic mass is 10.0. The van der Waals surface area contributed by atoms with E-state index >= 15 is 0 Å². The summed E-state index contributed by atoms with van der Waals surface area (Å²) in [5.74, 6) is 2.02. The summed E-state index contributed by atoms with van der Waals surface area (Å²) >= 11 is 1.51. The summed E-state index contributed by atoms with van der Waals surface area (Å²) in [6.45, 7) is 6.78. The number of nitrogens with zero attached hydrogens (tertiary/aromatic N) is 2. The van der Waals surface area contributed by atoms with Crippen molar-refractivity contribution >= 4 is 21.6 Å². The Bertz CT molecular complexity index is 1200. The maximum Gasteiger partial charge on any atom is 0.263 e. The number of hydrogen-bond acceptors (Lipinski definition) is 4. The number of fused-ring (bicyclic) bond motifs is 1. The third kappa shape index (κ3) is 3.70. The zero-order valence-electron chi connectivity index (χ0n) is 17.1. The molecule has 2 aromatic heterocycles. The molecule has 4 aromatic rings. The largest absolute Gasteiger partial charge is 0.497 e. The molecule has 148 valence electrons. The van der Waals surface area contributed by atoms with Crippen molar-refractivity contribution in [1.82, 2.24) is 9.55 Å². The van der Waals surface area contributed by atoms with Crippen molar-refractivity contribution in [3.05, 3.63) is 81.2 Å². The van der Waals surface area contributed by atoms with Crippen LogP contribution in [0.4, 0.5) is 0 Å². The van der Waals surface area contributed by atoms with Crippen molar-refractivity contribution in [2.75, 3.05) is 7.11 Å². The van der Waals surface area contributed by atoms with E-state index in [1.807, 2.05) is 36.6 Å². The van der Waals surface area contributed by atoms with Crippen LogP contribution in [0.15, 0.2) is 58.7 Å². The van der Waals surface area contributed by atoms with Crippen molar-refractivity contribution in [3.63, 3.8) is 0 Å². The molecule has 0 amide bonds. The smallest absolute Gasteiger partial charge is 0.263 e. The summed E-state index contributed by atoms with van der Waals surface area (Å²) in [4.78, 5) is 18.9. The first-order valence-electron chi connectivity index (χ1n) is 9.70. The minimum Gasteiger partial charge on any atom is -0.497 e. The van der Waals surface area contributed by atoms with Gasteiger partial charge in [-0.15, -0.1) is 11.3 Å². The van der Waals surface area contributed by atoms with Gasteiger partial charge in [-0.05, 0) is 41.7 Å². The number of thiophene rings is 1. The SMILES string of the molecule is COc1ccc(-c2csc3nc(C)n(Cc4ccc(C(C)C)cc4)c(=O)c23)cc1. The predicted molar refractivity (Wildman–Crippen MR) is 120 cm³/mol. The first-order valence-corrected chi connectivity index (χ1v) is 10.6. The van der Waals surface area contributed by atoms with Crippen LogP contribution in [0.5, 0.6) is 5.75 Å². The Morgan fingerprint density at radius 2 is 1.76 bits per heavy atom. The lowest BCUT2D eigenvalue weighted by Gasteiger charge is -2.12. The van der Waals surface area contributed by atoms with Crippen molar-refractivity contribution in [3.8, 4) is 16.9 Å². The van der Waals surface area contributed by atoms with Gasteiger partial charge in [0.2, 0.25) is 0 Å². The van der Waals surface area contributed by atoms with Gasteiger partial charge in [-0.2, -0.15) is 0 Å². The second-order valence-corrected chi connectivity index (χ2v) is 8.36. The van der Waals surface area contributed by atoms with Gasteiger partial charge in [-0.25, -0.2) is 4.98 Å². The Hall–Kier alpha value is -2.92. The lowest BCUT2D eigenvalue weighted by Crippen LogP contribution is -2.24. The van der Waals surface area contributed by atoms with E-state index < -0.39 is 0 Å². The second kappa shape index (κ2) is 7.84. The Labute approximate surface area is 174 Å². The molecule has 0 saturated carbocycles. The van der Waals surface area contributed by atoms with E-state index in [1.54, 1.807) is 11.7 Å². The van der Waals surface area contributed by atoms with Gasteiger partial charge in [-0.1, -0.05) is 50.2 Å². The molecular weight excluding hydrogens is 380 g/mol. The molecule has 0 bridgehead atoms. The van der Waals surface area contributed by atoms with Crippen LogP contribution in [0.3, 0.4) is 0 Å². The number of ether oxygens (including phenoxy) is 1. The minimum atomic E-state index is 0.00695. The summed E-state index contributed by atoms with van der Waals surface area (Å²) < 4.78 is 7.02. The van der Waals surface area contributed by atoms with Gasteiger partial charge in [0.15, 0.2) is 0 Å². The van der Waals surface area contributed by atoms with Crippen LogP contribution >= 0.6 is 11.3 Å². The van der Waals surface area contributed by atoms with E-state index in [0.717, 1.165) is 33.1 Å². The molecule has 0 fully saturated rings. The number of aromatic nitrogens is 2. The van der Waals surface area contributed by atoms with Crippen molar-refractivity contribution < 1.29 is 4.74 Å². The third-order valence-electron chi connectivity index (χ3n) is 5.27. The topological polar surface area (TPSA) is 44.1 Å². The quantitative estimate of drug-likeness (QED) is 0.434. The van der Waals surface area contributed by atoms with Crippen LogP contribution in [-0.4, -0.2) is 16.7 Å². The first kappa shape index (κ1) is 19.4. The van der Waals surface area contributed by atoms with E-state index in [1.165, 1.54) is 16.9 Å². The van der Waals surface area contributed by atoms with Crippen molar-refractivity contribution in [2.45, 2.75) is 33.2 Å². The Morgan fingerprint density at radius 3 is 2.38 bits per heavy atom. The number of benzene rings is 2. The Kier molecular flexibility index (Phi) is 5.24. The molecule has 0 N–H and O–H groups in total. The van der Waals surface area contributed by atoms with Gasteiger partial charge in [-0.3, -0.25) is 9.36 Å². The molecule has 0 atom stereocenters. The maximum atomic E-state index is 13.4. The lowest BCUT2D eigenvalue weighted by molar-refractivity contribution is 0.415. The number of hydrogen-bond donors (Lipinski definition) is 0. The average Bonchev–Trinajstić information content (AvgIpc) is 3.15. The van der Waals surface area contributed by atoms with E-state index in [2.05, 4.69) is 38.1 Å². The van der Waals surface area contributed by atoms with Crippen LogP contribution in [0.2, 0.25) is 0 Å². The van der Waals surface area contributed by atoms with Crippen molar-refractivity contribution in [2.24, 2.45) is 0 Å². The molecule has 0 aliphatic rings. The highest BCUT2D eigenvalue weighted by Crippen LogP contribution is 2.32. The summed E-state index contributed by atoms with van der Waals surface area (Å²) in [6, 6.07) is 16.3. The molecule has 0 spiro atoms. The molecule has 29 heavy (non-hydrogen) atoms. The third-order valence-corrected chi connectivity index (χ3v) is 6.14. The Balaban J connectivity index is 1.77. The van der Waals surface area contributed by atoms with E-state index in [4.69, 9.17) is 9.72 Å². The normalized spacial score (nSPS) is 11.3. The maximum absolute atomic E-state index is 13.4. The van der Waals surface area contributed by atoms with Crippen LogP contribution in [0, 0.1) is 6.92 Å². The number of methoxy groups -OCH3 is 1. The molecule has 0 aliphatic carbocycles. The standard InChI is InChI=1S/C24H24N2O2S/c1-15(2)18-7-5-17(6-8-18)13-26-16(3)25-23-22(24(26)27)21(14-29-23)19-9-11-20(28-4)12-10-19/h5-12,14-15H,13H2,1-4H3. The average molecular weight is 405 g/mol. The van der Waals surface area contributed by atoms with Crippen molar-refractivity contribution in [1.29, 1.82) is 0 Å². The van der Waals surface area contributed by atoms with Crippen LogP contribution in [0.1, 0.15) is 36.7 Å². The summed E-state index contributed by atoms with van der Waals surface area (Å²) in [5, 5.41) is 2.70. The highest BCUT2D eigenvalue weighted by Gasteiger charge is 2.16. The van der Waals surface area contributed by atoms with Crippen LogP contribution in [-0.2, 0) is 6.54 Å². The fourth-order valence-corrected chi connectivity index (χ4v) is 4.47.